The molecule has 3 aromatic heterocycles. The summed E-state index contributed by atoms with van der Waals surface area (Å²) in [5.41, 5.74) is 5.36. The maximum absolute atomic E-state index is 13.1. The zero-order chi connectivity index (χ0) is 35.9. The summed E-state index contributed by atoms with van der Waals surface area (Å²) in [5.74, 6) is 1.02. The third-order valence-corrected chi connectivity index (χ3v) is 8.17. The molecule has 0 aliphatic rings. The van der Waals surface area contributed by atoms with Crippen LogP contribution in [-0.2, 0) is 0 Å². The van der Waals surface area contributed by atoms with Crippen LogP contribution in [0.3, 0.4) is 0 Å². The quantitative estimate of drug-likeness (QED) is 0.161. The average molecular weight is 684 g/mol. The molecule has 5 aromatic carbocycles. The first-order valence-corrected chi connectivity index (χ1v) is 16.5. The third kappa shape index (κ3) is 7.22. The lowest BCUT2D eigenvalue weighted by Crippen LogP contribution is -2.20. The molecule has 0 spiro atoms. The monoisotopic (exact) mass is 683 g/mol. The lowest BCUT2D eigenvalue weighted by atomic mass is 10.2. The van der Waals surface area contributed by atoms with Crippen molar-refractivity contribution >= 4 is 39.9 Å². The predicted octanol–water partition coefficient (Wildman–Crippen LogP) is 7.55. The molecule has 0 atom stereocenters. The van der Waals surface area contributed by atoms with Gasteiger partial charge in [0.05, 0.1) is 46.8 Å². The highest BCUT2D eigenvalue weighted by Crippen LogP contribution is 2.20. The first-order valence-electron chi connectivity index (χ1n) is 16.5. The van der Waals surface area contributed by atoms with Crippen LogP contribution in [0.25, 0.3) is 44.6 Å². The van der Waals surface area contributed by atoms with Crippen molar-refractivity contribution in [1.82, 2.24) is 19.3 Å². The van der Waals surface area contributed by atoms with Gasteiger partial charge in [-0.05, 0) is 48.0 Å². The van der Waals surface area contributed by atoms with Crippen molar-refractivity contribution in [2.45, 2.75) is 0 Å². The summed E-state index contributed by atoms with van der Waals surface area (Å²) < 4.78 is 7.72. The standard InChI is InChI=1S/C23H20N4O.C19H13N3O2/c1-26(2)19-14-12-17(13-15-19)16-24-27-22(18-8-4-3-5-9-18)25-21-11-7-6-10-20(21)23(27)28;23-19-16-8-4-5-9-17(16)21-18(15-6-2-1-3-7-15)22(19)20-12-14-10-11-24-13-14/h3-16H,1-2H3;1-13H. The fourth-order valence-electron chi connectivity index (χ4n) is 5.47. The largest absolute Gasteiger partial charge is 0.472 e. The highest BCUT2D eigenvalue weighted by atomic mass is 16.3. The molecule has 0 unspecified atom stereocenters. The number of aromatic nitrogens is 4. The van der Waals surface area contributed by atoms with Crippen molar-refractivity contribution in [3.8, 4) is 22.8 Å². The number of para-hydroxylation sites is 2. The molecule has 0 bridgehead atoms. The van der Waals surface area contributed by atoms with Crippen LogP contribution in [0.1, 0.15) is 11.1 Å². The van der Waals surface area contributed by atoms with Gasteiger partial charge in [-0.3, -0.25) is 9.59 Å². The van der Waals surface area contributed by atoms with Crippen molar-refractivity contribution < 1.29 is 4.42 Å². The number of rotatable bonds is 7. The molecule has 0 saturated heterocycles. The SMILES string of the molecule is CN(C)c1ccc(C=Nn2c(-c3ccccc3)nc3ccccc3c2=O)cc1.O=c1c2ccccc2nc(-c2ccccc2)n1N=Cc1ccoc1. The molecule has 10 nitrogen and oxygen atoms in total. The molecule has 0 aliphatic carbocycles. The Balaban J connectivity index is 0.000000164. The summed E-state index contributed by atoms with van der Waals surface area (Å²) in [4.78, 5) is 37.3. The molecule has 254 valence electrons. The van der Waals surface area contributed by atoms with Gasteiger partial charge in [-0.2, -0.15) is 19.6 Å². The first-order chi connectivity index (χ1) is 25.5. The van der Waals surface area contributed by atoms with E-state index in [0.29, 0.717) is 33.5 Å². The Bertz CT molecular complexity index is 2630. The van der Waals surface area contributed by atoms with E-state index < -0.39 is 0 Å². The summed E-state index contributed by atoms with van der Waals surface area (Å²) in [5, 5.41) is 9.88. The topological polar surface area (TPSA) is 111 Å². The van der Waals surface area contributed by atoms with Gasteiger partial charge in [-0.25, -0.2) is 9.97 Å². The minimum Gasteiger partial charge on any atom is -0.472 e. The van der Waals surface area contributed by atoms with Crippen molar-refractivity contribution in [2.75, 3.05) is 19.0 Å². The van der Waals surface area contributed by atoms with E-state index in [9.17, 15) is 9.59 Å². The first kappa shape index (κ1) is 33.3. The molecule has 0 radical (unpaired) electrons. The summed E-state index contributed by atoms with van der Waals surface area (Å²) in [6.45, 7) is 0. The molecular weight excluding hydrogens is 651 g/mol. The minimum absolute atomic E-state index is 0.189. The van der Waals surface area contributed by atoms with Crippen molar-refractivity contribution in [1.29, 1.82) is 0 Å². The van der Waals surface area contributed by atoms with Gasteiger partial charge in [0.1, 0.15) is 0 Å². The fraction of sp³-hybridized carbons (Fsp3) is 0.0476. The second-order valence-corrected chi connectivity index (χ2v) is 11.9. The summed E-state index contributed by atoms with van der Waals surface area (Å²) in [6.07, 6.45) is 6.38. The van der Waals surface area contributed by atoms with Crippen LogP contribution in [0, 0.1) is 0 Å². The maximum Gasteiger partial charge on any atom is 0.282 e. The summed E-state index contributed by atoms with van der Waals surface area (Å²) in [7, 11) is 3.99. The Labute approximate surface area is 298 Å². The third-order valence-electron chi connectivity index (χ3n) is 8.17. The van der Waals surface area contributed by atoms with Crippen LogP contribution in [0.4, 0.5) is 5.69 Å². The Morgan fingerprint density at radius 2 is 1.02 bits per heavy atom. The van der Waals surface area contributed by atoms with E-state index in [2.05, 4.69) is 15.2 Å². The van der Waals surface area contributed by atoms with Gasteiger partial charge in [-0.15, -0.1) is 0 Å². The molecule has 52 heavy (non-hydrogen) atoms. The number of hydrogen-bond acceptors (Lipinski definition) is 8. The minimum atomic E-state index is -0.209. The van der Waals surface area contributed by atoms with Crippen molar-refractivity contribution in [3.63, 3.8) is 0 Å². The van der Waals surface area contributed by atoms with E-state index >= 15 is 0 Å². The molecule has 0 N–H and O–H groups in total. The van der Waals surface area contributed by atoms with Gasteiger partial charge in [0, 0.05) is 36.5 Å². The second-order valence-electron chi connectivity index (χ2n) is 11.9. The Hall–Kier alpha value is -7.20. The fourth-order valence-corrected chi connectivity index (χ4v) is 5.47. The lowest BCUT2D eigenvalue weighted by molar-refractivity contribution is 0.567. The highest BCUT2D eigenvalue weighted by molar-refractivity contribution is 5.83. The number of nitrogens with zero attached hydrogens (tertiary/aromatic N) is 7. The molecule has 0 aliphatic heterocycles. The van der Waals surface area contributed by atoms with Crippen LogP contribution in [0.5, 0.6) is 0 Å². The Morgan fingerprint density at radius 3 is 1.48 bits per heavy atom. The Morgan fingerprint density at radius 1 is 0.558 bits per heavy atom. The molecule has 0 fully saturated rings. The van der Waals surface area contributed by atoms with E-state index in [-0.39, 0.29) is 11.1 Å². The van der Waals surface area contributed by atoms with Gasteiger partial charge in [0.15, 0.2) is 11.6 Å². The summed E-state index contributed by atoms with van der Waals surface area (Å²) in [6, 6.07) is 43.5. The number of anilines is 1. The van der Waals surface area contributed by atoms with Crippen LogP contribution >= 0.6 is 0 Å². The number of furan rings is 1. The van der Waals surface area contributed by atoms with E-state index in [1.54, 1.807) is 43.2 Å². The normalized spacial score (nSPS) is 11.3. The van der Waals surface area contributed by atoms with E-state index in [1.807, 2.05) is 140 Å². The molecule has 3 heterocycles. The smallest absolute Gasteiger partial charge is 0.282 e. The van der Waals surface area contributed by atoms with Crippen LogP contribution < -0.4 is 16.0 Å². The summed E-state index contributed by atoms with van der Waals surface area (Å²) >= 11 is 0. The number of hydrogen-bond donors (Lipinski definition) is 0. The van der Waals surface area contributed by atoms with Gasteiger partial charge >= 0.3 is 0 Å². The van der Waals surface area contributed by atoms with Gasteiger partial charge in [-0.1, -0.05) is 97.1 Å². The van der Waals surface area contributed by atoms with Crippen LogP contribution in [0.2, 0.25) is 0 Å². The van der Waals surface area contributed by atoms with Crippen LogP contribution in [-0.4, -0.2) is 45.8 Å². The Kier molecular flexibility index (Phi) is 9.70. The number of benzene rings is 5. The van der Waals surface area contributed by atoms with E-state index in [4.69, 9.17) is 9.40 Å². The lowest BCUT2D eigenvalue weighted by Gasteiger charge is -2.12. The van der Waals surface area contributed by atoms with Gasteiger partial charge < -0.3 is 9.32 Å². The van der Waals surface area contributed by atoms with Crippen LogP contribution in [0.15, 0.2) is 176 Å². The van der Waals surface area contributed by atoms with Gasteiger partial charge in [0.2, 0.25) is 0 Å². The molecule has 0 saturated carbocycles. The second kappa shape index (κ2) is 15.1. The molecular formula is C42H33N7O3. The van der Waals surface area contributed by atoms with Crippen molar-refractivity contribution in [2.24, 2.45) is 10.2 Å². The molecule has 0 amide bonds. The zero-order valence-electron chi connectivity index (χ0n) is 28.4. The number of fused-ring (bicyclic) bond motifs is 2. The van der Waals surface area contributed by atoms with Crippen molar-refractivity contribution in [3.05, 3.63) is 184 Å². The van der Waals surface area contributed by atoms with Gasteiger partial charge in [0.25, 0.3) is 11.1 Å². The average Bonchev–Trinajstić information content (AvgIpc) is 3.72. The zero-order valence-corrected chi connectivity index (χ0v) is 28.4. The molecule has 8 aromatic rings. The molecule has 8 rings (SSSR count). The highest BCUT2D eigenvalue weighted by Gasteiger charge is 2.13. The molecule has 10 heteroatoms. The maximum atomic E-state index is 13.1. The van der Waals surface area contributed by atoms with E-state index in [1.165, 1.54) is 9.35 Å². The van der Waals surface area contributed by atoms with E-state index in [0.717, 1.165) is 27.9 Å². The predicted molar refractivity (Wildman–Crippen MR) is 208 cm³/mol.